The summed E-state index contributed by atoms with van der Waals surface area (Å²) in [5, 5.41) is 9.06. The highest BCUT2D eigenvalue weighted by Crippen LogP contribution is 2.19. The van der Waals surface area contributed by atoms with Gasteiger partial charge in [0.25, 0.3) is 0 Å². The average molecular weight is 261 g/mol. The van der Waals surface area contributed by atoms with Crippen LogP contribution >= 0.6 is 15.9 Å². The van der Waals surface area contributed by atoms with Gasteiger partial charge in [-0.2, -0.15) is 5.10 Å². The summed E-state index contributed by atoms with van der Waals surface area (Å²) >= 11 is 3.23. The van der Waals surface area contributed by atoms with E-state index in [0.29, 0.717) is 16.7 Å². The van der Waals surface area contributed by atoms with Gasteiger partial charge in [-0.15, -0.1) is 0 Å². The van der Waals surface area contributed by atoms with E-state index in [4.69, 9.17) is 5.73 Å². The van der Waals surface area contributed by atoms with Crippen molar-refractivity contribution in [3.63, 3.8) is 0 Å². The van der Waals surface area contributed by atoms with Gasteiger partial charge >= 0.3 is 0 Å². The second-order valence-electron chi connectivity index (χ2n) is 3.32. The van der Waals surface area contributed by atoms with Crippen molar-refractivity contribution in [2.45, 2.75) is 25.8 Å². The third-order valence-electron chi connectivity index (χ3n) is 2.08. The summed E-state index contributed by atoms with van der Waals surface area (Å²) in [6.07, 6.45) is 2.14. The fourth-order valence-corrected chi connectivity index (χ4v) is 1.07. The van der Waals surface area contributed by atoms with Gasteiger partial charge in [0.15, 0.2) is 0 Å². The fourth-order valence-electron chi connectivity index (χ4n) is 0.776. The largest absolute Gasteiger partial charge is 0.318 e. The second-order valence-corrected chi connectivity index (χ2v) is 4.17. The standard InChI is InChI=1S/C8H13BrN4O/c1-3-8(2,10)7(14)12-6-5(9)4-11-13-6/h4H,3,10H2,1-2H3,(H2,11,12,13,14). The van der Waals surface area contributed by atoms with Crippen LogP contribution in [-0.4, -0.2) is 21.6 Å². The molecule has 0 saturated heterocycles. The molecule has 0 aromatic carbocycles. The second kappa shape index (κ2) is 4.10. The Morgan fingerprint density at radius 1 is 1.86 bits per heavy atom. The molecule has 1 atom stereocenters. The zero-order valence-corrected chi connectivity index (χ0v) is 9.68. The number of H-pyrrole nitrogens is 1. The maximum absolute atomic E-state index is 11.6. The molecule has 0 fully saturated rings. The van der Waals surface area contributed by atoms with Crippen LogP contribution in [-0.2, 0) is 4.79 Å². The van der Waals surface area contributed by atoms with Gasteiger partial charge in [0.2, 0.25) is 5.91 Å². The fraction of sp³-hybridized carbons (Fsp3) is 0.500. The predicted molar refractivity (Wildman–Crippen MR) is 57.8 cm³/mol. The van der Waals surface area contributed by atoms with Crippen molar-refractivity contribution in [3.05, 3.63) is 10.7 Å². The van der Waals surface area contributed by atoms with Crippen LogP contribution in [0.2, 0.25) is 0 Å². The molecular formula is C8H13BrN4O. The summed E-state index contributed by atoms with van der Waals surface area (Å²) in [4.78, 5) is 11.6. The summed E-state index contributed by atoms with van der Waals surface area (Å²) in [5.74, 6) is 0.296. The van der Waals surface area contributed by atoms with Crippen LogP contribution in [0.5, 0.6) is 0 Å². The average Bonchev–Trinajstić information content (AvgIpc) is 2.52. The Morgan fingerprint density at radius 2 is 2.50 bits per heavy atom. The normalized spacial score (nSPS) is 14.9. The highest BCUT2D eigenvalue weighted by atomic mass is 79.9. The molecule has 0 saturated carbocycles. The molecule has 78 valence electrons. The highest BCUT2D eigenvalue weighted by Gasteiger charge is 2.26. The smallest absolute Gasteiger partial charge is 0.245 e. The molecule has 1 amide bonds. The third kappa shape index (κ3) is 2.33. The Labute approximate surface area is 90.6 Å². The maximum Gasteiger partial charge on any atom is 0.245 e. The van der Waals surface area contributed by atoms with Crippen LogP contribution in [0, 0.1) is 0 Å². The van der Waals surface area contributed by atoms with Crippen LogP contribution < -0.4 is 11.1 Å². The van der Waals surface area contributed by atoms with Crippen LogP contribution in [0.3, 0.4) is 0 Å². The number of anilines is 1. The molecule has 0 aliphatic heterocycles. The molecule has 0 bridgehead atoms. The van der Waals surface area contributed by atoms with E-state index in [2.05, 4.69) is 31.4 Å². The lowest BCUT2D eigenvalue weighted by Gasteiger charge is -2.20. The number of amides is 1. The van der Waals surface area contributed by atoms with E-state index in [0.717, 1.165) is 0 Å². The van der Waals surface area contributed by atoms with Crippen LogP contribution in [0.1, 0.15) is 20.3 Å². The Bertz CT molecular complexity index is 334. The minimum absolute atomic E-state index is 0.232. The molecule has 5 nitrogen and oxygen atoms in total. The highest BCUT2D eigenvalue weighted by molar-refractivity contribution is 9.10. The van der Waals surface area contributed by atoms with Crippen molar-refractivity contribution in [1.82, 2.24) is 10.2 Å². The molecule has 0 aliphatic rings. The molecule has 0 aliphatic carbocycles. The lowest BCUT2D eigenvalue weighted by Crippen LogP contribution is -2.47. The van der Waals surface area contributed by atoms with Crippen LogP contribution in [0.4, 0.5) is 5.82 Å². The first kappa shape index (κ1) is 11.2. The first-order chi connectivity index (χ1) is 6.47. The molecule has 1 aromatic heterocycles. The molecule has 0 radical (unpaired) electrons. The van der Waals surface area contributed by atoms with Gasteiger partial charge in [0.1, 0.15) is 5.82 Å². The molecule has 6 heteroatoms. The zero-order valence-electron chi connectivity index (χ0n) is 8.10. The number of nitrogens with one attached hydrogen (secondary N) is 2. The third-order valence-corrected chi connectivity index (χ3v) is 2.69. The van der Waals surface area contributed by atoms with Gasteiger partial charge in [-0.05, 0) is 29.3 Å². The van der Waals surface area contributed by atoms with Crippen LogP contribution in [0.15, 0.2) is 10.7 Å². The molecule has 0 spiro atoms. The van der Waals surface area contributed by atoms with Gasteiger partial charge in [0.05, 0.1) is 16.2 Å². The number of nitrogens with zero attached hydrogens (tertiary/aromatic N) is 1. The Hall–Kier alpha value is -0.880. The van der Waals surface area contributed by atoms with Gasteiger partial charge < -0.3 is 11.1 Å². The van der Waals surface area contributed by atoms with Gasteiger partial charge in [-0.3, -0.25) is 9.89 Å². The summed E-state index contributed by atoms with van der Waals surface area (Å²) in [5.41, 5.74) is 4.91. The van der Waals surface area contributed by atoms with E-state index in [1.807, 2.05) is 6.92 Å². The number of hydrogen-bond donors (Lipinski definition) is 3. The SMILES string of the molecule is CCC(C)(N)C(=O)Nc1[nH]ncc1Br. The minimum atomic E-state index is -0.857. The number of hydrogen-bond acceptors (Lipinski definition) is 3. The monoisotopic (exact) mass is 260 g/mol. The Kier molecular flexibility index (Phi) is 3.28. The van der Waals surface area contributed by atoms with E-state index in [1.165, 1.54) is 0 Å². The van der Waals surface area contributed by atoms with E-state index in [9.17, 15) is 4.79 Å². The number of carbonyl (C=O) groups is 1. The quantitative estimate of drug-likeness (QED) is 0.765. The van der Waals surface area contributed by atoms with Gasteiger partial charge in [0, 0.05) is 0 Å². The van der Waals surface area contributed by atoms with E-state index in [1.54, 1.807) is 13.1 Å². The lowest BCUT2D eigenvalue weighted by atomic mass is 10.00. The van der Waals surface area contributed by atoms with Crippen molar-refractivity contribution < 1.29 is 4.79 Å². The van der Waals surface area contributed by atoms with E-state index in [-0.39, 0.29) is 5.91 Å². The summed E-state index contributed by atoms with van der Waals surface area (Å²) in [7, 11) is 0. The molecule has 4 N–H and O–H groups in total. The molecule has 14 heavy (non-hydrogen) atoms. The van der Waals surface area contributed by atoms with Crippen molar-refractivity contribution >= 4 is 27.7 Å². The number of aromatic nitrogens is 2. The van der Waals surface area contributed by atoms with Crippen LogP contribution in [0.25, 0.3) is 0 Å². The number of aromatic amines is 1. The molecule has 1 rings (SSSR count). The topological polar surface area (TPSA) is 83.8 Å². The molecule has 1 aromatic rings. The van der Waals surface area contributed by atoms with Crippen molar-refractivity contribution in [2.75, 3.05) is 5.32 Å². The molecule has 1 unspecified atom stereocenters. The first-order valence-electron chi connectivity index (χ1n) is 4.26. The van der Waals surface area contributed by atoms with Gasteiger partial charge in [-0.1, -0.05) is 6.92 Å². The molecule has 1 heterocycles. The maximum atomic E-state index is 11.6. The first-order valence-corrected chi connectivity index (χ1v) is 5.06. The lowest BCUT2D eigenvalue weighted by molar-refractivity contribution is -0.120. The van der Waals surface area contributed by atoms with Crippen molar-refractivity contribution in [1.29, 1.82) is 0 Å². The predicted octanol–water partition coefficient (Wildman–Crippen LogP) is 1.24. The summed E-state index contributed by atoms with van der Waals surface area (Å²) in [6.45, 7) is 3.55. The minimum Gasteiger partial charge on any atom is -0.318 e. The van der Waals surface area contributed by atoms with Gasteiger partial charge in [-0.25, -0.2) is 0 Å². The number of carbonyl (C=O) groups excluding carboxylic acids is 1. The summed E-state index contributed by atoms with van der Waals surface area (Å²) < 4.78 is 0.706. The number of rotatable bonds is 3. The van der Waals surface area contributed by atoms with Crippen molar-refractivity contribution in [3.8, 4) is 0 Å². The summed E-state index contributed by atoms with van der Waals surface area (Å²) in [6, 6.07) is 0. The van der Waals surface area contributed by atoms with E-state index < -0.39 is 5.54 Å². The zero-order chi connectivity index (χ0) is 10.8. The molecular weight excluding hydrogens is 248 g/mol. The Balaban J connectivity index is 2.71. The number of nitrogens with two attached hydrogens (primary N) is 1. The Morgan fingerprint density at radius 3 is 2.93 bits per heavy atom. The van der Waals surface area contributed by atoms with E-state index >= 15 is 0 Å². The number of halogens is 1. The van der Waals surface area contributed by atoms with Crippen molar-refractivity contribution in [2.24, 2.45) is 5.73 Å².